The van der Waals surface area contributed by atoms with E-state index in [9.17, 15) is 9.90 Å². The molecule has 0 radical (unpaired) electrons. The lowest BCUT2D eigenvalue weighted by molar-refractivity contribution is -0.143. The molecule has 0 saturated heterocycles. The molecule has 0 aliphatic heterocycles. The Morgan fingerprint density at radius 3 is 2.57 bits per heavy atom. The summed E-state index contributed by atoms with van der Waals surface area (Å²) in [6.45, 7) is 5.89. The van der Waals surface area contributed by atoms with Gasteiger partial charge in [-0.15, -0.1) is 10.2 Å². The van der Waals surface area contributed by atoms with Crippen molar-refractivity contribution in [1.29, 1.82) is 0 Å². The fourth-order valence-electron chi connectivity index (χ4n) is 2.40. The zero-order valence-electron chi connectivity index (χ0n) is 12.6. The van der Waals surface area contributed by atoms with E-state index < -0.39 is 12.0 Å². The van der Waals surface area contributed by atoms with Crippen LogP contribution in [0.15, 0.2) is 22.6 Å². The van der Waals surface area contributed by atoms with Gasteiger partial charge in [-0.2, -0.15) is 0 Å². The number of aryl methyl sites for hydroxylation is 3. The van der Waals surface area contributed by atoms with Crippen molar-refractivity contribution >= 4 is 5.97 Å². The zero-order valence-corrected chi connectivity index (χ0v) is 12.6. The van der Waals surface area contributed by atoms with Crippen LogP contribution in [0.25, 0.3) is 0 Å². The smallest absolute Gasteiger partial charge is 0.325 e. The van der Waals surface area contributed by atoms with Crippen molar-refractivity contribution in [2.75, 3.05) is 7.05 Å². The van der Waals surface area contributed by atoms with E-state index in [1.165, 1.54) is 0 Å². The summed E-state index contributed by atoms with van der Waals surface area (Å²) in [6.07, 6.45) is 0. The summed E-state index contributed by atoms with van der Waals surface area (Å²) in [5.74, 6) is -0.0245. The van der Waals surface area contributed by atoms with E-state index in [0.29, 0.717) is 11.8 Å². The van der Waals surface area contributed by atoms with Crippen molar-refractivity contribution in [3.05, 3.63) is 46.7 Å². The number of hydrogen-bond donors (Lipinski definition) is 1. The summed E-state index contributed by atoms with van der Waals surface area (Å²) in [6, 6.07) is 5.01. The largest absolute Gasteiger partial charge is 0.480 e. The molecule has 21 heavy (non-hydrogen) atoms. The van der Waals surface area contributed by atoms with Gasteiger partial charge < -0.3 is 9.52 Å². The van der Waals surface area contributed by atoms with Gasteiger partial charge in [0.15, 0.2) is 0 Å². The Hall–Kier alpha value is -2.21. The molecule has 112 valence electrons. The van der Waals surface area contributed by atoms with Gasteiger partial charge in [-0.3, -0.25) is 9.69 Å². The first-order valence-electron chi connectivity index (χ1n) is 6.67. The standard InChI is InChI=1S/C15H19N3O3/c1-9-5-6-12(10(2)7-9)14(15(19)20)18(4)8-13-17-16-11(3)21-13/h5-7,14H,8H2,1-4H3,(H,19,20)/t14-/m1/s1. The predicted octanol–water partition coefficient (Wildman–Crippen LogP) is 2.25. The fraction of sp³-hybridized carbons (Fsp3) is 0.400. The van der Waals surface area contributed by atoms with Gasteiger partial charge in [-0.25, -0.2) is 0 Å². The Labute approximate surface area is 123 Å². The molecule has 0 amide bonds. The number of nitrogens with zero attached hydrogens (tertiary/aromatic N) is 3. The molecule has 6 nitrogen and oxygen atoms in total. The molecule has 0 spiro atoms. The molecular weight excluding hydrogens is 270 g/mol. The van der Waals surface area contributed by atoms with Crippen LogP contribution in [0.3, 0.4) is 0 Å². The maximum Gasteiger partial charge on any atom is 0.325 e. The van der Waals surface area contributed by atoms with Crippen LogP contribution in [0.2, 0.25) is 0 Å². The van der Waals surface area contributed by atoms with E-state index in [4.69, 9.17) is 4.42 Å². The van der Waals surface area contributed by atoms with E-state index >= 15 is 0 Å². The number of hydrogen-bond acceptors (Lipinski definition) is 5. The maximum atomic E-state index is 11.7. The highest BCUT2D eigenvalue weighted by molar-refractivity contribution is 5.76. The lowest BCUT2D eigenvalue weighted by Gasteiger charge is -2.25. The van der Waals surface area contributed by atoms with Gasteiger partial charge in [-0.1, -0.05) is 23.8 Å². The molecule has 0 saturated carbocycles. The van der Waals surface area contributed by atoms with Gasteiger partial charge in [0, 0.05) is 6.92 Å². The average molecular weight is 289 g/mol. The molecule has 0 unspecified atom stereocenters. The van der Waals surface area contributed by atoms with E-state index in [0.717, 1.165) is 16.7 Å². The van der Waals surface area contributed by atoms with E-state index in [2.05, 4.69) is 10.2 Å². The van der Waals surface area contributed by atoms with Crippen LogP contribution in [0.1, 0.15) is 34.5 Å². The van der Waals surface area contributed by atoms with Gasteiger partial charge in [0.1, 0.15) is 6.04 Å². The second-order valence-electron chi connectivity index (χ2n) is 5.23. The Kier molecular flexibility index (Phi) is 4.37. The summed E-state index contributed by atoms with van der Waals surface area (Å²) < 4.78 is 5.31. The average Bonchev–Trinajstić information content (AvgIpc) is 2.77. The highest BCUT2D eigenvalue weighted by atomic mass is 16.4. The van der Waals surface area contributed by atoms with Crippen LogP contribution < -0.4 is 0 Å². The summed E-state index contributed by atoms with van der Waals surface area (Å²) in [5, 5.41) is 17.2. The maximum absolute atomic E-state index is 11.7. The van der Waals surface area contributed by atoms with Gasteiger partial charge >= 0.3 is 5.97 Å². The molecule has 2 rings (SSSR count). The summed E-state index contributed by atoms with van der Waals surface area (Å²) >= 11 is 0. The number of rotatable bonds is 5. The molecule has 1 atom stereocenters. The van der Waals surface area contributed by atoms with Gasteiger partial charge in [0.05, 0.1) is 6.54 Å². The first-order chi connectivity index (χ1) is 9.88. The third kappa shape index (κ3) is 3.46. The van der Waals surface area contributed by atoms with Crippen molar-refractivity contribution in [3.63, 3.8) is 0 Å². The fourth-order valence-corrected chi connectivity index (χ4v) is 2.40. The second kappa shape index (κ2) is 6.05. The highest BCUT2D eigenvalue weighted by Crippen LogP contribution is 2.25. The number of aromatic nitrogens is 2. The molecule has 1 heterocycles. The Bertz CT molecular complexity index is 651. The van der Waals surface area contributed by atoms with Crippen molar-refractivity contribution in [2.24, 2.45) is 0 Å². The van der Waals surface area contributed by atoms with E-state index in [1.54, 1.807) is 18.9 Å². The van der Waals surface area contributed by atoms with Gasteiger partial charge in [-0.05, 0) is 32.0 Å². The molecule has 0 fully saturated rings. The lowest BCUT2D eigenvalue weighted by Crippen LogP contribution is -2.31. The Morgan fingerprint density at radius 1 is 1.33 bits per heavy atom. The minimum absolute atomic E-state index is 0.283. The summed E-state index contributed by atoms with van der Waals surface area (Å²) in [7, 11) is 1.73. The van der Waals surface area contributed by atoms with Crippen molar-refractivity contribution in [3.8, 4) is 0 Å². The van der Waals surface area contributed by atoms with Crippen LogP contribution in [-0.2, 0) is 11.3 Å². The summed E-state index contributed by atoms with van der Waals surface area (Å²) in [4.78, 5) is 13.4. The number of likely N-dealkylation sites (N-methyl/N-ethyl adjacent to an activating group) is 1. The molecule has 1 aromatic heterocycles. The predicted molar refractivity (Wildman–Crippen MR) is 76.8 cm³/mol. The second-order valence-corrected chi connectivity index (χ2v) is 5.23. The van der Waals surface area contributed by atoms with Crippen molar-refractivity contribution in [1.82, 2.24) is 15.1 Å². The molecule has 2 aromatic rings. The minimum atomic E-state index is -0.902. The van der Waals surface area contributed by atoms with Gasteiger partial charge in [0.25, 0.3) is 0 Å². The van der Waals surface area contributed by atoms with Crippen LogP contribution in [0, 0.1) is 20.8 Å². The van der Waals surface area contributed by atoms with Crippen molar-refractivity contribution < 1.29 is 14.3 Å². The molecular formula is C15H19N3O3. The van der Waals surface area contributed by atoms with E-state index in [1.807, 2.05) is 32.0 Å². The van der Waals surface area contributed by atoms with Gasteiger partial charge in [0.2, 0.25) is 11.8 Å². The minimum Gasteiger partial charge on any atom is -0.480 e. The SMILES string of the molecule is Cc1ccc([C@H](C(=O)O)N(C)Cc2nnc(C)o2)c(C)c1. The first-order valence-corrected chi connectivity index (χ1v) is 6.67. The van der Waals surface area contributed by atoms with Crippen LogP contribution in [0.4, 0.5) is 0 Å². The summed E-state index contributed by atoms with van der Waals surface area (Å²) in [5.41, 5.74) is 2.83. The molecule has 0 aliphatic rings. The number of benzene rings is 1. The lowest BCUT2D eigenvalue weighted by atomic mass is 9.98. The number of carboxylic acid groups (broad SMARTS) is 1. The molecule has 1 N–H and O–H groups in total. The third-order valence-corrected chi connectivity index (χ3v) is 3.35. The molecule has 1 aromatic carbocycles. The molecule has 0 aliphatic carbocycles. The molecule has 0 bridgehead atoms. The highest BCUT2D eigenvalue weighted by Gasteiger charge is 2.27. The normalized spacial score (nSPS) is 12.6. The Morgan fingerprint density at radius 2 is 2.05 bits per heavy atom. The third-order valence-electron chi connectivity index (χ3n) is 3.35. The monoisotopic (exact) mass is 289 g/mol. The number of aliphatic carboxylic acids is 1. The molecule has 6 heteroatoms. The van der Waals surface area contributed by atoms with Crippen LogP contribution in [-0.4, -0.2) is 33.2 Å². The Balaban J connectivity index is 2.27. The van der Waals surface area contributed by atoms with E-state index in [-0.39, 0.29) is 6.54 Å². The topological polar surface area (TPSA) is 79.5 Å². The number of carbonyl (C=O) groups is 1. The first kappa shape index (κ1) is 15.2. The van der Waals surface area contributed by atoms with Crippen LogP contribution in [0.5, 0.6) is 0 Å². The van der Waals surface area contributed by atoms with Crippen molar-refractivity contribution in [2.45, 2.75) is 33.4 Å². The number of carboxylic acids is 1. The zero-order chi connectivity index (χ0) is 15.6. The quantitative estimate of drug-likeness (QED) is 0.909. The van der Waals surface area contributed by atoms with Crippen LogP contribution >= 0.6 is 0 Å².